The molecule has 2 aromatic carbocycles. The Morgan fingerprint density at radius 2 is 1.83 bits per heavy atom. The number of ether oxygens (including phenoxy) is 3. The molecule has 7 atom stereocenters. The minimum absolute atomic E-state index is 0.0147. The fourth-order valence-electron chi connectivity index (χ4n) is 7.07. The molecule has 2 aromatic rings. The number of carbonyl (C=O) groups excluding carboxylic acids is 1. The third kappa shape index (κ3) is 6.93. The number of aliphatic hydroxyl groups excluding tert-OH is 1. The highest BCUT2D eigenvalue weighted by Gasteiger charge is 2.53. The zero-order valence-corrected chi connectivity index (χ0v) is 25.5. The average Bonchev–Trinajstić information content (AvgIpc) is 3.55. The molecule has 0 aromatic heterocycles. The van der Waals surface area contributed by atoms with Crippen molar-refractivity contribution in [1.82, 2.24) is 9.62 Å². The van der Waals surface area contributed by atoms with Gasteiger partial charge in [0.05, 0.1) is 36.9 Å². The Labute approximate surface area is 249 Å². The maximum atomic E-state index is 13.7. The Bertz CT molecular complexity index is 1290. The van der Waals surface area contributed by atoms with Crippen LogP contribution in [0, 0.1) is 23.7 Å². The van der Waals surface area contributed by atoms with Gasteiger partial charge < -0.3 is 24.6 Å². The Balaban J connectivity index is 1.31. The van der Waals surface area contributed by atoms with Crippen molar-refractivity contribution < 1.29 is 32.5 Å². The van der Waals surface area contributed by atoms with Crippen LogP contribution >= 0.6 is 0 Å². The average molecular weight is 601 g/mol. The molecule has 1 aliphatic heterocycles. The summed E-state index contributed by atoms with van der Waals surface area (Å²) >= 11 is 0. The van der Waals surface area contributed by atoms with Crippen molar-refractivity contribution >= 4 is 16.1 Å². The smallest absolute Gasteiger partial charge is 0.407 e. The van der Waals surface area contributed by atoms with Gasteiger partial charge in [0.1, 0.15) is 11.9 Å². The normalized spacial score (nSPS) is 26.6. The van der Waals surface area contributed by atoms with Crippen LogP contribution in [-0.2, 0) is 25.9 Å². The van der Waals surface area contributed by atoms with Gasteiger partial charge in [-0.15, -0.1) is 0 Å². The molecular weight excluding hydrogens is 556 g/mol. The third-order valence-electron chi connectivity index (χ3n) is 9.01. The van der Waals surface area contributed by atoms with Gasteiger partial charge in [-0.25, -0.2) is 13.2 Å². The van der Waals surface area contributed by atoms with Crippen LogP contribution in [-0.4, -0.2) is 75.1 Å². The SMILES string of the molecule is COc1ccc(S(=O)(=O)N(CC(C)C)C[C@@H](O)[C@H](Cc2ccccc2)NC(=O)O[C@H]2C[C@H]3CO[C@H]4CCCC2[C@@H]34)cc1. The molecule has 0 bridgehead atoms. The molecule has 1 amide bonds. The first-order chi connectivity index (χ1) is 20.2. The minimum atomic E-state index is -3.93. The van der Waals surface area contributed by atoms with Gasteiger partial charge in [0.2, 0.25) is 10.0 Å². The monoisotopic (exact) mass is 600 g/mol. The summed E-state index contributed by atoms with van der Waals surface area (Å²) in [5.41, 5.74) is 0.915. The summed E-state index contributed by atoms with van der Waals surface area (Å²) in [6.45, 7) is 4.62. The van der Waals surface area contributed by atoms with E-state index in [1.165, 1.54) is 23.5 Å². The van der Waals surface area contributed by atoms with Gasteiger partial charge in [-0.3, -0.25) is 0 Å². The lowest BCUT2D eigenvalue weighted by Gasteiger charge is -2.33. The largest absolute Gasteiger partial charge is 0.497 e. The van der Waals surface area contributed by atoms with E-state index in [1.54, 1.807) is 12.1 Å². The summed E-state index contributed by atoms with van der Waals surface area (Å²) < 4.78 is 45.9. The van der Waals surface area contributed by atoms with Crippen LogP contribution in [0.5, 0.6) is 5.75 Å². The number of aliphatic hydroxyl groups is 1. The van der Waals surface area contributed by atoms with Gasteiger partial charge >= 0.3 is 6.09 Å². The lowest BCUT2D eigenvalue weighted by molar-refractivity contribution is -0.00408. The number of nitrogens with zero attached hydrogens (tertiary/aromatic N) is 1. The number of nitrogens with one attached hydrogen (secondary N) is 1. The molecule has 1 saturated heterocycles. The second kappa shape index (κ2) is 13.3. The highest BCUT2D eigenvalue weighted by atomic mass is 32.2. The van der Waals surface area contributed by atoms with E-state index < -0.39 is 28.3 Å². The molecule has 0 radical (unpaired) electrons. The highest BCUT2D eigenvalue weighted by Crippen LogP contribution is 2.51. The van der Waals surface area contributed by atoms with Gasteiger partial charge in [-0.1, -0.05) is 50.6 Å². The first kappa shape index (κ1) is 30.8. The molecule has 9 nitrogen and oxygen atoms in total. The summed E-state index contributed by atoms with van der Waals surface area (Å²) in [5.74, 6) is 1.75. The van der Waals surface area contributed by atoms with Crippen molar-refractivity contribution in [2.75, 3.05) is 26.8 Å². The molecule has 1 unspecified atom stereocenters. The number of rotatable bonds is 12. The lowest BCUT2D eigenvalue weighted by Crippen LogP contribution is -2.51. The summed E-state index contributed by atoms with van der Waals surface area (Å²) in [5, 5.41) is 14.4. The number of sulfonamides is 1. The Morgan fingerprint density at radius 1 is 1.10 bits per heavy atom. The fourth-order valence-corrected chi connectivity index (χ4v) is 8.70. The van der Waals surface area contributed by atoms with Crippen molar-refractivity contribution in [1.29, 1.82) is 0 Å². The van der Waals surface area contributed by atoms with Crippen LogP contribution in [0.3, 0.4) is 0 Å². The van der Waals surface area contributed by atoms with Crippen LogP contribution in [0.2, 0.25) is 0 Å². The van der Waals surface area contributed by atoms with E-state index in [0.29, 0.717) is 29.9 Å². The molecule has 3 aliphatic rings. The Kier molecular flexibility index (Phi) is 9.77. The maximum absolute atomic E-state index is 13.7. The van der Waals surface area contributed by atoms with Crippen molar-refractivity contribution in [3.8, 4) is 5.75 Å². The van der Waals surface area contributed by atoms with E-state index in [4.69, 9.17) is 14.2 Å². The number of carbonyl (C=O) groups is 1. The topological polar surface area (TPSA) is 114 Å². The number of amides is 1. The van der Waals surface area contributed by atoms with E-state index >= 15 is 0 Å². The number of hydrogen-bond donors (Lipinski definition) is 2. The van der Waals surface area contributed by atoms with E-state index in [-0.39, 0.29) is 36.1 Å². The van der Waals surface area contributed by atoms with Crippen LogP contribution in [0.1, 0.15) is 45.1 Å². The van der Waals surface area contributed by atoms with Gasteiger partial charge in [0, 0.05) is 19.0 Å². The highest BCUT2D eigenvalue weighted by molar-refractivity contribution is 7.89. The number of alkyl carbamates (subject to hydrolysis) is 1. The predicted octanol–water partition coefficient (Wildman–Crippen LogP) is 4.24. The molecule has 42 heavy (non-hydrogen) atoms. The van der Waals surface area contributed by atoms with Gasteiger partial charge in [-0.2, -0.15) is 4.31 Å². The van der Waals surface area contributed by atoms with Crippen LogP contribution in [0.25, 0.3) is 0 Å². The summed E-state index contributed by atoms with van der Waals surface area (Å²) in [6, 6.07) is 15.0. The van der Waals surface area contributed by atoms with Crippen molar-refractivity contribution in [3.63, 3.8) is 0 Å². The quantitative estimate of drug-likeness (QED) is 0.375. The number of benzene rings is 2. The summed E-state index contributed by atoms with van der Waals surface area (Å²) in [4.78, 5) is 13.4. The molecular formula is C32H44N2O7S. The molecule has 1 heterocycles. The standard InChI is InChI=1S/C32H44N2O7S/c1-21(2)18-34(42(37,38)25-14-12-24(39-3)13-15-25)19-28(35)27(16-22-8-5-4-6-9-22)33-32(36)41-30-17-23-20-40-29-11-7-10-26(30)31(23)29/h4-6,8-9,12-15,21,23,26-31,35H,7,10-11,16-20H2,1-3H3,(H,33,36)/t23-,26?,27-,28+,29-,30-,31+/m0/s1. The molecule has 230 valence electrons. The number of hydrogen-bond acceptors (Lipinski definition) is 7. The molecule has 10 heteroatoms. The maximum Gasteiger partial charge on any atom is 0.407 e. The first-order valence-corrected chi connectivity index (χ1v) is 16.5. The van der Waals surface area contributed by atoms with Crippen LogP contribution in [0.4, 0.5) is 4.79 Å². The van der Waals surface area contributed by atoms with Crippen LogP contribution < -0.4 is 10.1 Å². The third-order valence-corrected chi connectivity index (χ3v) is 10.9. The second-order valence-corrected chi connectivity index (χ2v) is 14.3. The molecule has 2 N–H and O–H groups in total. The van der Waals surface area contributed by atoms with E-state index in [9.17, 15) is 18.3 Å². The Hall–Kier alpha value is -2.66. The fraction of sp³-hybridized carbons (Fsp3) is 0.594. The summed E-state index contributed by atoms with van der Waals surface area (Å²) in [7, 11) is -2.40. The zero-order chi connectivity index (χ0) is 29.9. The van der Waals surface area contributed by atoms with Crippen LogP contribution in [0.15, 0.2) is 59.5 Å². The first-order valence-electron chi connectivity index (χ1n) is 15.1. The molecule has 2 saturated carbocycles. The zero-order valence-electron chi connectivity index (χ0n) is 24.7. The Morgan fingerprint density at radius 3 is 2.52 bits per heavy atom. The van der Waals surface area contributed by atoms with Crippen molar-refractivity contribution in [2.45, 2.75) is 75.2 Å². The van der Waals surface area contributed by atoms with E-state index in [2.05, 4.69) is 5.32 Å². The van der Waals surface area contributed by atoms with Gasteiger partial charge in [-0.05, 0) is 73.3 Å². The second-order valence-electron chi connectivity index (χ2n) is 12.4. The molecule has 3 fully saturated rings. The predicted molar refractivity (Wildman–Crippen MR) is 159 cm³/mol. The van der Waals surface area contributed by atoms with E-state index in [0.717, 1.165) is 37.9 Å². The summed E-state index contributed by atoms with van der Waals surface area (Å²) in [6.07, 6.45) is 2.65. The van der Waals surface area contributed by atoms with Crippen molar-refractivity contribution in [3.05, 3.63) is 60.2 Å². The number of methoxy groups -OCH3 is 1. The van der Waals surface area contributed by atoms with E-state index in [1.807, 2.05) is 44.2 Å². The van der Waals surface area contributed by atoms with Gasteiger partial charge in [0.15, 0.2) is 0 Å². The molecule has 5 rings (SSSR count). The molecule has 2 aliphatic carbocycles. The molecule has 0 spiro atoms. The van der Waals surface area contributed by atoms with Gasteiger partial charge in [0.25, 0.3) is 0 Å². The lowest BCUT2D eigenvalue weighted by atomic mass is 9.77. The minimum Gasteiger partial charge on any atom is -0.497 e. The van der Waals surface area contributed by atoms with Crippen molar-refractivity contribution in [2.24, 2.45) is 23.7 Å².